The molecule has 0 radical (unpaired) electrons. The molecule has 27 heavy (non-hydrogen) atoms. The van der Waals surface area contributed by atoms with E-state index in [2.05, 4.69) is 18.5 Å². The molecule has 0 aromatic heterocycles. The van der Waals surface area contributed by atoms with E-state index in [4.69, 9.17) is 4.74 Å². The van der Waals surface area contributed by atoms with Crippen molar-refractivity contribution in [3.05, 3.63) is 60.2 Å². The van der Waals surface area contributed by atoms with E-state index < -0.39 is 11.9 Å². The van der Waals surface area contributed by atoms with E-state index in [-0.39, 0.29) is 30.4 Å². The van der Waals surface area contributed by atoms with E-state index in [9.17, 15) is 14.4 Å². The Morgan fingerprint density at radius 3 is 2.74 bits per heavy atom. The molecular weight excluding hydrogens is 344 g/mol. The summed E-state index contributed by atoms with van der Waals surface area (Å²) in [6.45, 7) is 9.79. The van der Waals surface area contributed by atoms with Crippen LogP contribution >= 0.6 is 0 Å². The lowest BCUT2D eigenvalue weighted by Gasteiger charge is -2.32. The Labute approximate surface area is 158 Å². The summed E-state index contributed by atoms with van der Waals surface area (Å²) in [5, 5.41) is 2.33. The zero-order chi connectivity index (χ0) is 19.6. The first kappa shape index (κ1) is 19.0. The fourth-order valence-corrected chi connectivity index (χ4v) is 3.78. The molecule has 1 aromatic rings. The SMILES string of the molecule is C=CCO[C@@H](CC=C)c1ccc2c(c1)[C@@H](C)N([C@H]1CCC(=O)NC1=O)C2=O. The predicted molar refractivity (Wildman–Crippen MR) is 101 cm³/mol. The van der Waals surface area contributed by atoms with Gasteiger partial charge in [-0.05, 0) is 37.0 Å². The largest absolute Gasteiger partial charge is 0.369 e. The third kappa shape index (κ3) is 3.57. The molecule has 1 N–H and O–H groups in total. The van der Waals surface area contributed by atoms with Gasteiger partial charge in [0.1, 0.15) is 6.04 Å². The topological polar surface area (TPSA) is 75.7 Å². The van der Waals surface area contributed by atoms with Crippen LogP contribution in [0.1, 0.15) is 59.8 Å². The first-order valence-corrected chi connectivity index (χ1v) is 9.11. The second-order valence-electron chi connectivity index (χ2n) is 6.84. The number of ether oxygens (including phenoxy) is 1. The van der Waals surface area contributed by atoms with Crippen LogP contribution in [-0.2, 0) is 14.3 Å². The molecule has 1 fully saturated rings. The predicted octanol–water partition coefficient (Wildman–Crippen LogP) is 2.83. The number of amides is 3. The summed E-state index contributed by atoms with van der Waals surface area (Å²) in [5.74, 6) is -0.869. The van der Waals surface area contributed by atoms with Crippen molar-refractivity contribution >= 4 is 17.7 Å². The van der Waals surface area contributed by atoms with Crippen LogP contribution in [0, 0.1) is 0 Å². The van der Waals surface area contributed by atoms with Gasteiger partial charge in [-0.15, -0.1) is 13.2 Å². The number of benzene rings is 1. The van der Waals surface area contributed by atoms with Crippen molar-refractivity contribution in [2.75, 3.05) is 6.61 Å². The van der Waals surface area contributed by atoms with Crippen LogP contribution in [0.2, 0.25) is 0 Å². The van der Waals surface area contributed by atoms with Gasteiger partial charge in [0.05, 0.1) is 18.8 Å². The monoisotopic (exact) mass is 368 g/mol. The molecule has 0 bridgehead atoms. The summed E-state index contributed by atoms with van der Waals surface area (Å²) in [7, 11) is 0. The van der Waals surface area contributed by atoms with Crippen molar-refractivity contribution in [2.24, 2.45) is 0 Å². The molecule has 2 heterocycles. The molecule has 1 aromatic carbocycles. The first-order valence-electron chi connectivity index (χ1n) is 9.11. The van der Waals surface area contributed by atoms with Crippen molar-refractivity contribution in [3.63, 3.8) is 0 Å². The number of carbonyl (C=O) groups excluding carboxylic acids is 3. The third-order valence-corrected chi connectivity index (χ3v) is 5.12. The lowest BCUT2D eigenvalue weighted by atomic mass is 9.97. The van der Waals surface area contributed by atoms with E-state index in [1.54, 1.807) is 23.1 Å². The van der Waals surface area contributed by atoms with Crippen LogP contribution in [0.25, 0.3) is 0 Å². The zero-order valence-electron chi connectivity index (χ0n) is 15.4. The highest BCUT2D eigenvalue weighted by Crippen LogP contribution is 2.38. The summed E-state index contributed by atoms with van der Waals surface area (Å²) in [5.41, 5.74) is 2.43. The van der Waals surface area contributed by atoms with E-state index >= 15 is 0 Å². The molecular formula is C21H24N2O4. The van der Waals surface area contributed by atoms with Gasteiger partial charge in [-0.1, -0.05) is 24.3 Å². The number of nitrogens with one attached hydrogen (secondary N) is 1. The van der Waals surface area contributed by atoms with Gasteiger partial charge >= 0.3 is 0 Å². The fourth-order valence-electron chi connectivity index (χ4n) is 3.78. The molecule has 142 valence electrons. The molecule has 6 nitrogen and oxygen atoms in total. The van der Waals surface area contributed by atoms with Gasteiger partial charge in [0.15, 0.2) is 0 Å². The molecule has 0 saturated carbocycles. The second-order valence-corrected chi connectivity index (χ2v) is 6.84. The fraction of sp³-hybridized carbons (Fsp3) is 0.381. The summed E-state index contributed by atoms with van der Waals surface area (Å²) in [4.78, 5) is 38.2. The second kappa shape index (κ2) is 7.88. The summed E-state index contributed by atoms with van der Waals surface area (Å²) in [6.07, 6.45) is 4.56. The minimum atomic E-state index is -0.623. The van der Waals surface area contributed by atoms with Gasteiger partial charge in [0.25, 0.3) is 5.91 Å². The van der Waals surface area contributed by atoms with Crippen LogP contribution in [-0.4, -0.2) is 35.3 Å². The van der Waals surface area contributed by atoms with Crippen LogP contribution in [0.4, 0.5) is 0 Å². The molecule has 3 rings (SSSR count). The van der Waals surface area contributed by atoms with E-state index in [0.717, 1.165) is 11.1 Å². The molecule has 3 atom stereocenters. The standard InChI is InChI=1S/C21H24N2O4/c1-4-6-18(27-11-5-2)14-7-8-15-16(12-14)13(3)23(21(15)26)17-9-10-19(24)22-20(17)25/h4-5,7-8,12-13,17-18H,1-2,6,9-11H2,3H3,(H,22,24,25)/t13-,17+,18+/m1/s1. The number of rotatable bonds is 7. The van der Waals surface area contributed by atoms with Gasteiger partial charge in [0, 0.05) is 12.0 Å². The van der Waals surface area contributed by atoms with Gasteiger partial charge in [-0.3, -0.25) is 19.7 Å². The number of carbonyl (C=O) groups is 3. The highest BCUT2D eigenvalue weighted by atomic mass is 16.5. The number of hydrogen-bond donors (Lipinski definition) is 1. The van der Waals surface area contributed by atoms with E-state index in [1.807, 2.05) is 19.1 Å². The Morgan fingerprint density at radius 2 is 2.07 bits per heavy atom. The number of fused-ring (bicyclic) bond motifs is 1. The van der Waals surface area contributed by atoms with E-state index in [0.29, 0.717) is 25.0 Å². The molecule has 0 aliphatic carbocycles. The highest BCUT2D eigenvalue weighted by molar-refractivity contribution is 6.05. The Kier molecular flexibility index (Phi) is 5.56. The van der Waals surface area contributed by atoms with Crippen LogP contribution in [0.15, 0.2) is 43.5 Å². The van der Waals surface area contributed by atoms with Crippen molar-refractivity contribution in [2.45, 2.75) is 44.4 Å². The van der Waals surface area contributed by atoms with Crippen LogP contribution < -0.4 is 5.32 Å². The molecule has 0 unspecified atom stereocenters. The lowest BCUT2D eigenvalue weighted by Crippen LogP contribution is -2.53. The van der Waals surface area contributed by atoms with Gasteiger partial charge < -0.3 is 9.64 Å². The number of nitrogens with zero attached hydrogens (tertiary/aromatic N) is 1. The van der Waals surface area contributed by atoms with Crippen molar-refractivity contribution < 1.29 is 19.1 Å². The minimum Gasteiger partial charge on any atom is -0.369 e. The Balaban J connectivity index is 1.88. The molecule has 1 saturated heterocycles. The molecule has 6 heteroatoms. The number of imide groups is 1. The van der Waals surface area contributed by atoms with Crippen molar-refractivity contribution in [3.8, 4) is 0 Å². The Morgan fingerprint density at radius 1 is 1.30 bits per heavy atom. The quantitative estimate of drug-likeness (QED) is 0.593. The van der Waals surface area contributed by atoms with E-state index in [1.165, 1.54) is 0 Å². The van der Waals surface area contributed by atoms with Gasteiger partial charge in [-0.2, -0.15) is 0 Å². The average Bonchev–Trinajstić information content (AvgIpc) is 2.89. The summed E-state index contributed by atoms with van der Waals surface area (Å²) >= 11 is 0. The number of piperidine rings is 1. The Bertz CT molecular complexity index is 801. The lowest BCUT2D eigenvalue weighted by molar-refractivity contribution is -0.137. The maximum absolute atomic E-state index is 12.9. The first-order chi connectivity index (χ1) is 13.0. The molecule has 2 aliphatic rings. The normalized spacial score (nSPS) is 23.0. The molecule has 0 spiro atoms. The minimum absolute atomic E-state index is 0.169. The third-order valence-electron chi connectivity index (χ3n) is 5.12. The average molecular weight is 368 g/mol. The van der Waals surface area contributed by atoms with Crippen LogP contribution in [0.3, 0.4) is 0 Å². The van der Waals surface area contributed by atoms with Crippen LogP contribution in [0.5, 0.6) is 0 Å². The molecule has 3 amide bonds. The van der Waals surface area contributed by atoms with Crippen molar-refractivity contribution in [1.82, 2.24) is 10.2 Å². The summed E-state index contributed by atoms with van der Waals surface area (Å²) < 4.78 is 5.82. The zero-order valence-corrected chi connectivity index (χ0v) is 15.4. The smallest absolute Gasteiger partial charge is 0.255 e. The van der Waals surface area contributed by atoms with Gasteiger partial charge in [-0.25, -0.2) is 0 Å². The summed E-state index contributed by atoms with van der Waals surface area (Å²) in [6, 6.07) is 4.78. The maximum Gasteiger partial charge on any atom is 0.255 e. The highest BCUT2D eigenvalue weighted by Gasteiger charge is 2.43. The number of hydrogen-bond acceptors (Lipinski definition) is 4. The van der Waals surface area contributed by atoms with Crippen molar-refractivity contribution in [1.29, 1.82) is 0 Å². The molecule has 2 aliphatic heterocycles. The Hall–Kier alpha value is -2.73. The maximum atomic E-state index is 12.9. The van der Waals surface area contributed by atoms with Gasteiger partial charge in [0.2, 0.25) is 11.8 Å².